The molecule has 3 rings (SSSR count). The number of fused-ring (bicyclic) bond motifs is 1. The fraction of sp³-hybridized carbons (Fsp3) is 0.111. The Bertz CT molecular complexity index is 874. The van der Waals surface area contributed by atoms with Gasteiger partial charge in [-0.25, -0.2) is 9.97 Å². The van der Waals surface area contributed by atoms with Crippen LogP contribution in [-0.4, -0.2) is 24.1 Å². The van der Waals surface area contributed by atoms with E-state index in [2.05, 4.69) is 26.7 Å². The lowest BCUT2D eigenvalue weighted by Gasteiger charge is -2.11. The van der Waals surface area contributed by atoms with Crippen molar-refractivity contribution < 1.29 is 0 Å². The molecule has 1 aromatic heterocycles. The van der Waals surface area contributed by atoms with Crippen molar-refractivity contribution >= 4 is 28.2 Å². The Balaban J connectivity index is 2.00. The summed E-state index contributed by atoms with van der Waals surface area (Å²) in [6, 6.07) is 15.8. The summed E-state index contributed by atoms with van der Waals surface area (Å²) in [5.41, 5.74) is 3.52. The molecule has 0 saturated heterocycles. The molecule has 0 spiro atoms. The van der Waals surface area contributed by atoms with E-state index in [9.17, 15) is 0 Å². The Kier molecular flexibility index (Phi) is 3.95. The maximum Gasteiger partial charge on any atom is 0.224 e. The van der Waals surface area contributed by atoms with Crippen LogP contribution in [0.25, 0.3) is 10.9 Å². The molecule has 4 heteroatoms. The first-order valence-electron chi connectivity index (χ1n) is 6.85. The second-order valence-corrected chi connectivity index (χ2v) is 5.39. The second-order valence-electron chi connectivity index (χ2n) is 5.05. The van der Waals surface area contributed by atoms with E-state index in [1.165, 1.54) is 0 Å². The van der Waals surface area contributed by atoms with Crippen LogP contribution in [0.2, 0.25) is 5.28 Å². The van der Waals surface area contributed by atoms with E-state index in [1.807, 2.05) is 62.6 Å². The molecule has 0 saturated carbocycles. The molecule has 0 bridgehead atoms. The van der Waals surface area contributed by atoms with Crippen molar-refractivity contribution in [3.8, 4) is 11.8 Å². The summed E-state index contributed by atoms with van der Waals surface area (Å²) in [6.07, 6.45) is 0. The quantitative estimate of drug-likeness (QED) is 0.506. The molecule has 0 radical (unpaired) electrons. The molecule has 3 aromatic rings. The molecule has 0 aliphatic heterocycles. The lowest BCUT2D eigenvalue weighted by molar-refractivity contribution is 1.13. The monoisotopic (exact) mass is 307 g/mol. The van der Waals surface area contributed by atoms with Gasteiger partial charge in [0.1, 0.15) is 5.69 Å². The van der Waals surface area contributed by atoms with Gasteiger partial charge in [0.25, 0.3) is 0 Å². The number of nitrogens with zero attached hydrogens (tertiary/aromatic N) is 3. The molecule has 2 aromatic carbocycles. The lowest BCUT2D eigenvalue weighted by Crippen LogP contribution is -2.07. The highest BCUT2D eigenvalue weighted by atomic mass is 35.5. The van der Waals surface area contributed by atoms with Gasteiger partial charge >= 0.3 is 0 Å². The van der Waals surface area contributed by atoms with Gasteiger partial charge in [-0.1, -0.05) is 18.1 Å². The van der Waals surface area contributed by atoms with E-state index in [1.54, 1.807) is 0 Å². The summed E-state index contributed by atoms with van der Waals surface area (Å²) >= 11 is 5.97. The van der Waals surface area contributed by atoms with Crippen LogP contribution in [0.3, 0.4) is 0 Å². The number of hydrogen-bond acceptors (Lipinski definition) is 3. The van der Waals surface area contributed by atoms with Gasteiger partial charge < -0.3 is 4.90 Å². The molecule has 0 aliphatic carbocycles. The minimum atomic E-state index is 0.214. The Hall–Kier alpha value is -2.57. The Morgan fingerprint density at radius 3 is 2.36 bits per heavy atom. The van der Waals surface area contributed by atoms with Crippen molar-refractivity contribution in [1.29, 1.82) is 0 Å². The van der Waals surface area contributed by atoms with Crippen LogP contribution in [0.4, 0.5) is 5.69 Å². The summed E-state index contributed by atoms with van der Waals surface area (Å²) in [6.45, 7) is 0. The topological polar surface area (TPSA) is 29.0 Å². The Morgan fingerprint density at radius 2 is 1.64 bits per heavy atom. The highest BCUT2D eigenvalue weighted by Crippen LogP contribution is 2.17. The molecule has 108 valence electrons. The van der Waals surface area contributed by atoms with E-state index in [0.29, 0.717) is 5.69 Å². The highest BCUT2D eigenvalue weighted by molar-refractivity contribution is 6.28. The lowest BCUT2D eigenvalue weighted by atomic mass is 10.1. The fourth-order valence-corrected chi connectivity index (χ4v) is 2.29. The van der Waals surface area contributed by atoms with Crippen LogP contribution >= 0.6 is 11.6 Å². The number of rotatable bonds is 1. The molecule has 0 aliphatic rings. The SMILES string of the molecule is CN(C)c1ccc(C#Cc2nc(Cl)nc3ccccc23)cc1. The van der Waals surface area contributed by atoms with Gasteiger partial charge in [-0.3, -0.25) is 0 Å². The number of hydrogen-bond donors (Lipinski definition) is 0. The van der Waals surface area contributed by atoms with E-state index >= 15 is 0 Å². The van der Waals surface area contributed by atoms with Gasteiger partial charge in [-0.05, 0) is 53.9 Å². The standard InChI is InChI=1S/C18H14ClN3/c1-22(2)14-10-7-13(8-11-14)9-12-17-15-5-3-4-6-16(15)20-18(19)21-17/h3-8,10-11H,1-2H3. The maximum absolute atomic E-state index is 5.97. The molecule has 0 atom stereocenters. The molecular formula is C18H14ClN3. The van der Waals surface area contributed by atoms with Crippen LogP contribution in [0.1, 0.15) is 11.3 Å². The normalized spacial score (nSPS) is 10.1. The van der Waals surface area contributed by atoms with Crippen LogP contribution in [-0.2, 0) is 0 Å². The average molecular weight is 308 g/mol. The zero-order valence-corrected chi connectivity index (χ0v) is 13.1. The minimum absolute atomic E-state index is 0.214. The number of aromatic nitrogens is 2. The summed E-state index contributed by atoms with van der Waals surface area (Å²) < 4.78 is 0. The summed E-state index contributed by atoms with van der Waals surface area (Å²) in [5.74, 6) is 6.22. The smallest absolute Gasteiger partial charge is 0.224 e. The summed E-state index contributed by atoms with van der Waals surface area (Å²) in [7, 11) is 4.02. The molecule has 0 N–H and O–H groups in total. The van der Waals surface area contributed by atoms with Gasteiger partial charge in [-0.2, -0.15) is 0 Å². The molecule has 0 unspecified atom stereocenters. The van der Waals surface area contributed by atoms with Crippen molar-refractivity contribution in [3.05, 3.63) is 65.1 Å². The van der Waals surface area contributed by atoms with Crippen LogP contribution in [0.5, 0.6) is 0 Å². The Labute approximate surface area is 134 Å². The third-order valence-electron chi connectivity index (χ3n) is 3.28. The molecule has 22 heavy (non-hydrogen) atoms. The number of para-hydroxylation sites is 1. The second kappa shape index (κ2) is 6.05. The van der Waals surface area contributed by atoms with E-state index in [0.717, 1.165) is 22.2 Å². The van der Waals surface area contributed by atoms with E-state index < -0.39 is 0 Å². The third-order valence-corrected chi connectivity index (χ3v) is 3.45. The van der Waals surface area contributed by atoms with E-state index in [-0.39, 0.29) is 5.28 Å². The first-order valence-corrected chi connectivity index (χ1v) is 7.23. The van der Waals surface area contributed by atoms with Gasteiger partial charge in [0.15, 0.2) is 0 Å². The first-order chi connectivity index (χ1) is 10.6. The van der Waals surface area contributed by atoms with Gasteiger partial charge in [0.2, 0.25) is 5.28 Å². The number of benzene rings is 2. The minimum Gasteiger partial charge on any atom is -0.378 e. The van der Waals surface area contributed by atoms with Crippen LogP contribution in [0, 0.1) is 11.8 Å². The zero-order valence-electron chi connectivity index (χ0n) is 12.3. The predicted molar refractivity (Wildman–Crippen MR) is 91.3 cm³/mol. The average Bonchev–Trinajstić information content (AvgIpc) is 2.52. The zero-order chi connectivity index (χ0) is 15.5. The van der Waals surface area contributed by atoms with Crippen molar-refractivity contribution in [3.63, 3.8) is 0 Å². The van der Waals surface area contributed by atoms with Gasteiger partial charge in [0, 0.05) is 30.7 Å². The van der Waals surface area contributed by atoms with Crippen molar-refractivity contribution in [2.75, 3.05) is 19.0 Å². The first kappa shape index (κ1) is 14.4. The highest BCUT2D eigenvalue weighted by Gasteiger charge is 2.03. The van der Waals surface area contributed by atoms with Crippen LogP contribution < -0.4 is 4.90 Å². The van der Waals surface area contributed by atoms with E-state index in [4.69, 9.17) is 11.6 Å². The molecular weight excluding hydrogens is 294 g/mol. The predicted octanol–water partition coefficient (Wildman–Crippen LogP) is 3.75. The molecule has 0 fully saturated rings. The summed E-state index contributed by atoms with van der Waals surface area (Å²) in [5, 5.41) is 1.12. The molecule has 3 nitrogen and oxygen atoms in total. The van der Waals surface area contributed by atoms with Crippen molar-refractivity contribution in [2.24, 2.45) is 0 Å². The maximum atomic E-state index is 5.97. The largest absolute Gasteiger partial charge is 0.378 e. The summed E-state index contributed by atoms with van der Waals surface area (Å²) in [4.78, 5) is 10.5. The van der Waals surface area contributed by atoms with Crippen molar-refractivity contribution in [1.82, 2.24) is 9.97 Å². The molecule has 1 heterocycles. The van der Waals surface area contributed by atoms with Gasteiger partial charge in [0.05, 0.1) is 5.52 Å². The van der Waals surface area contributed by atoms with Crippen molar-refractivity contribution in [2.45, 2.75) is 0 Å². The van der Waals surface area contributed by atoms with Gasteiger partial charge in [-0.15, -0.1) is 0 Å². The number of anilines is 1. The van der Waals surface area contributed by atoms with Crippen LogP contribution in [0.15, 0.2) is 48.5 Å². The third kappa shape index (κ3) is 3.03. The number of halogens is 1. The Morgan fingerprint density at radius 1 is 0.909 bits per heavy atom. The molecule has 0 amide bonds. The fourth-order valence-electron chi connectivity index (χ4n) is 2.12.